The number of ether oxygens (including phenoxy) is 2. The fraction of sp³-hybridized carbons (Fsp3) is 0.294. The highest BCUT2D eigenvalue weighted by Gasteiger charge is 2.17. The van der Waals surface area contributed by atoms with E-state index in [1.54, 1.807) is 7.11 Å². The van der Waals surface area contributed by atoms with Crippen molar-refractivity contribution >= 4 is 11.6 Å². The number of benzene rings is 2. The zero-order valence-corrected chi connectivity index (χ0v) is 13.0. The van der Waals surface area contributed by atoms with Crippen molar-refractivity contribution in [2.75, 3.05) is 7.11 Å². The van der Waals surface area contributed by atoms with Crippen LogP contribution in [0.15, 0.2) is 48.5 Å². The van der Waals surface area contributed by atoms with Gasteiger partial charge in [-0.3, -0.25) is 0 Å². The quantitative estimate of drug-likeness (QED) is 0.878. The Labute approximate surface area is 130 Å². The lowest BCUT2D eigenvalue weighted by Gasteiger charge is -2.22. The van der Waals surface area contributed by atoms with Gasteiger partial charge in [0, 0.05) is 11.1 Å². The largest absolute Gasteiger partial charge is 0.497 e. The highest BCUT2D eigenvalue weighted by molar-refractivity contribution is 6.30. The third-order valence-electron chi connectivity index (χ3n) is 3.22. The summed E-state index contributed by atoms with van der Waals surface area (Å²) in [5.41, 5.74) is 8.08. The maximum Gasteiger partial charge on any atom is 0.119 e. The molecule has 0 fully saturated rings. The van der Waals surface area contributed by atoms with Crippen molar-refractivity contribution in [3.05, 3.63) is 64.7 Å². The van der Waals surface area contributed by atoms with Crippen LogP contribution in [0.1, 0.15) is 24.2 Å². The summed E-state index contributed by atoms with van der Waals surface area (Å²) in [4.78, 5) is 0. The molecule has 2 unspecified atom stereocenters. The van der Waals surface area contributed by atoms with Crippen molar-refractivity contribution in [2.24, 2.45) is 5.73 Å². The Morgan fingerprint density at radius 3 is 2.57 bits per heavy atom. The Hall–Kier alpha value is -1.55. The fourth-order valence-corrected chi connectivity index (χ4v) is 2.38. The van der Waals surface area contributed by atoms with Crippen LogP contribution in [0.4, 0.5) is 0 Å². The Bertz CT molecular complexity index is 587. The molecule has 0 radical (unpaired) electrons. The van der Waals surface area contributed by atoms with Crippen LogP contribution >= 0.6 is 11.6 Å². The second-order valence-corrected chi connectivity index (χ2v) is 5.43. The van der Waals surface area contributed by atoms with E-state index in [1.165, 1.54) is 0 Å². The van der Waals surface area contributed by atoms with Gasteiger partial charge < -0.3 is 15.2 Å². The van der Waals surface area contributed by atoms with Gasteiger partial charge in [-0.1, -0.05) is 35.9 Å². The smallest absolute Gasteiger partial charge is 0.119 e. The molecule has 0 aliphatic heterocycles. The summed E-state index contributed by atoms with van der Waals surface area (Å²) in [5.74, 6) is 0.816. The number of methoxy groups -OCH3 is 1. The normalized spacial score (nSPS) is 13.7. The van der Waals surface area contributed by atoms with Crippen molar-refractivity contribution in [3.63, 3.8) is 0 Å². The Balaban J connectivity index is 2.10. The van der Waals surface area contributed by atoms with Gasteiger partial charge >= 0.3 is 0 Å². The lowest BCUT2D eigenvalue weighted by molar-refractivity contribution is 0.0258. The lowest BCUT2D eigenvalue weighted by Crippen LogP contribution is -2.27. The van der Waals surface area contributed by atoms with Crippen molar-refractivity contribution in [3.8, 4) is 5.75 Å². The molecule has 21 heavy (non-hydrogen) atoms. The highest BCUT2D eigenvalue weighted by atomic mass is 35.5. The average molecular weight is 306 g/mol. The highest BCUT2D eigenvalue weighted by Crippen LogP contribution is 2.25. The minimum absolute atomic E-state index is 0.130. The molecule has 0 heterocycles. The molecule has 0 bridgehead atoms. The predicted molar refractivity (Wildman–Crippen MR) is 85.6 cm³/mol. The van der Waals surface area contributed by atoms with Crippen LogP contribution in [0.5, 0.6) is 5.75 Å². The van der Waals surface area contributed by atoms with E-state index in [4.69, 9.17) is 26.8 Å². The topological polar surface area (TPSA) is 44.5 Å². The molecule has 0 aliphatic carbocycles. The molecule has 2 N–H and O–H groups in total. The average Bonchev–Trinajstić information content (AvgIpc) is 2.47. The number of rotatable bonds is 6. The third-order valence-corrected chi connectivity index (χ3v) is 3.45. The number of hydrogen-bond acceptors (Lipinski definition) is 3. The first-order valence-electron chi connectivity index (χ1n) is 6.85. The molecule has 2 rings (SSSR count). The second-order valence-electron chi connectivity index (χ2n) is 5.00. The SMILES string of the molecule is COc1cccc(COC(c2cccc(Cl)c2)C(C)N)c1. The standard InChI is InChI=1S/C17H20ClNO2/c1-12(19)17(14-6-4-7-15(18)10-14)21-11-13-5-3-8-16(9-13)20-2/h3-10,12,17H,11,19H2,1-2H3. The summed E-state index contributed by atoms with van der Waals surface area (Å²) in [6.07, 6.45) is -0.199. The summed E-state index contributed by atoms with van der Waals surface area (Å²) in [5, 5.41) is 0.683. The van der Waals surface area contributed by atoms with Gasteiger partial charge in [0.2, 0.25) is 0 Å². The van der Waals surface area contributed by atoms with E-state index in [9.17, 15) is 0 Å². The van der Waals surface area contributed by atoms with Gasteiger partial charge in [-0.15, -0.1) is 0 Å². The summed E-state index contributed by atoms with van der Waals surface area (Å²) >= 11 is 6.04. The molecule has 4 heteroatoms. The first-order valence-corrected chi connectivity index (χ1v) is 7.23. The van der Waals surface area contributed by atoms with Crippen LogP contribution in [0.3, 0.4) is 0 Å². The first-order chi connectivity index (χ1) is 10.1. The Morgan fingerprint density at radius 1 is 1.14 bits per heavy atom. The van der Waals surface area contributed by atoms with E-state index in [0.717, 1.165) is 16.9 Å². The molecule has 2 aromatic carbocycles. The fourth-order valence-electron chi connectivity index (χ4n) is 2.18. The molecule has 0 amide bonds. The van der Waals surface area contributed by atoms with Gasteiger partial charge in [0.05, 0.1) is 19.8 Å². The lowest BCUT2D eigenvalue weighted by atomic mass is 10.0. The van der Waals surface area contributed by atoms with Gasteiger partial charge in [0.15, 0.2) is 0 Å². The van der Waals surface area contributed by atoms with Crippen LogP contribution in [0.2, 0.25) is 5.02 Å². The van der Waals surface area contributed by atoms with E-state index in [2.05, 4.69) is 0 Å². The molecule has 0 aliphatic rings. The molecule has 2 aromatic rings. The second kappa shape index (κ2) is 7.46. The van der Waals surface area contributed by atoms with Crippen molar-refractivity contribution in [1.29, 1.82) is 0 Å². The molecule has 112 valence electrons. The van der Waals surface area contributed by atoms with Gasteiger partial charge in [-0.2, -0.15) is 0 Å². The Morgan fingerprint density at radius 2 is 1.90 bits per heavy atom. The summed E-state index contributed by atoms with van der Waals surface area (Å²) in [6, 6.07) is 15.3. The third kappa shape index (κ3) is 4.46. The van der Waals surface area contributed by atoms with Crippen molar-refractivity contribution in [2.45, 2.75) is 25.7 Å². The van der Waals surface area contributed by atoms with E-state index in [1.807, 2.05) is 55.5 Å². The zero-order chi connectivity index (χ0) is 15.2. The minimum atomic E-state index is -0.199. The molecular formula is C17H20ClNO2. The van der Waals surface area contributed by atoms with Crippen LogP contribution in [0.25, 0.3) is 0 Å². The van der Waals surface area contributed by atoms with E-state index in [-0.39, 0.29) is 12.1 Å². The number of nitrogens with two attached hydrogens (primary N) is 1. The summed E-state index contributed by atoms with van der Waals surface area (Å²) < 4.78 is 11.2. The molecular weight excluding hydrogens is 286 g/mol. The van der Waals surface area contributed by atoms with E-state index < -0.39 is 0 Å². The van der Waals surface area contributed by atoms with Gasteiger partial charge in [0.25, 0.3) is 0 Å². The minimum Gasteiger partial charge on any atom is -0.497 e. The number of hydrogen-bond donors (Lipinski definition) is 1. The van der Waals surface area contributed by atoms with E-state index in [0.29, 0.717) is 11.6 Å². The van der Waals surface area contributed by atoms with Crippen LogP contribution in [0, 0.1) is 0 Å². The zero-order valence-electron chi connectivity index (χ0n) is 12.3. The summed E-state index contributed by atoms with van der Waals surface area (Å²) in [7, 11) is 1.65. The Kier molecular flexibility index (Phi) is 5.62. The molecule has 0 saturated heterocycles. The van der Waals surface area contributed by atoms with Gasteiger partial charge in [-0.05, 0) is 42.3 Å². The van der Waals surface area contributed by atoms with Crippen molar-refractivity contribution < 1.29 is 9.47 Å². The van der Waals surface area contributed by atoms with Gasteiger partial charge in [0.1, 0.15) is 5.75 Å². The molecule has 0 aromatic heterocycles. The number of halogens is 1. The van der Waals surface area contributed by atoms with Crippen LogP contribution in [-0.2, 0) is 11.3 Å². The van der Waals surface area contributed by atoms with Crippen molar-refractivity contribution in [1.82, 2.24) is 0 Å². The molecule has 0 spiro atoms. The molecule has 2 atom stereocenters. The predicted octanol–water partition coefficient (Wildman–Crippen LogP) is 3.95. The molecule has 3 nitrogen and oxygen atoms in total. The van der Waals surface area contributed by atoms with Gasteiger partial charge in [-0.25, -0.2) is 0 Å². The first kappa shape index (κ1) is 15.8. The van der Waals surface area contributed by atoms with Crippen LogP contribution < -0.4 is 10.5 Å². The maximum atomic E-state index is 6.05. The summed E-state index contributed by atoms with van der Waals surface area (Å²) in [6.45, 7) is 2.40. The van der Waals surface area contributed by atoms with Crippen LogP contribution in [-0.4, -0.2) is 13.2 Å². The monoisotopic (exact) mass is 305 g/mol. The maximum absolute atomic E-state index is 6.05. The van der Waals surface area contributed by atoms with E-state index >= 15 is 0 Å². The molecule has 0 saturated carbocycles.